The summed E-state index contributed by atoms with van der Waals surface area (Å²) >= 11 is 12.5. The number of rotatable bonds is 10. The van der Waals surface area contributed by atoms with E-state index in [-0.39, 0.29) is 27.7 Å². The molecular weight excluding hydrogens is 621 g/mol. The van der Waals surface area contributed by atoms with Gasteiger partial charge in [-0.05, 0) is 53.9 Å². The van der Waals surface area contributed by atoms with Crippen molar-refractivity contribution in [3.05, 3.63) is 128 Å². The van der Waals surface area contributed by atoms with E-state index in [1.807, 2.05) is 12.1 Å². The SMILES string of the molecule is CCCCc1nn(-c2cc(N)ccc2Cl)c(=O)n1Cc1ccc(-c2ccccc2S(=O)(=O)NC(=O)c2ccccc2Cl)cc1. The number of benzene rings is 4. The number of hydrogen-bond donors (Lipinski definition) is 2. The molecule has 226 valence electrons. The van der Waals surface area contributed by atoms with Crippen LogP contribution in [0, 0.1) is 0 Å². The molecule has 0 bridgehead atoms. The van der Waals surface area contributed by atoms with Crippen molar-refractivity contribution in [2.24, 2.45) is 0 Å². The van der Waals surface area contributed by atoms with Crippen LogP contribution in [0.1, 0.15) is 41.5 Å². The highest BCUT2D eigenvalue weighted by Crippen LogP contribution is 2.28. The number of nitrogens with two attached hydrogens (primary N) is 1. The van der Waals surface area contributed by atoms with E-state index in [0.717, 1.165) is 18.4 Å². The van der Waals surface area contributed by atoms with Crippen molar-refractivity contribution in [1.29, 1.82) is 0 Å². The van der Waals surface area contributed by atoms with Crippen molar-refractivity contribution >= 4 is 44.8 Å². The van der Waals surface area contributed by atoms with Crippen LogP contribution in [0.15, 0.2) is 101 Å². The maximum absolute atomic E-state index is 13.5. The van der Waals surface area contributed by atoms with Crippen molar-refractivity contribution < 1.29 is 13.2 Å². The van der Waals surface area contributed by atoms with Crippen LogP contribution in [0.4, 0.5) is 5.69 Å². The molecule has 5 aromatic rings. The number of aromatic nitrogens is 3. The summed E-state index contributed by atoms with van der Waals surface area (Å²) in [6.45, 7) is 2.30. The number of carbonyl (C=O) groups is 1. The zero-order valence-corrected chi connectivity index (χ0v) is 26.0. The standard InChI is InChI=1S/C32H29Cl2N5O4S/c1-2-3-12-30-36-39(28-19-23(35)17-18-27(28)34)32(41)38(30)20-21-13-15-22(16-14-21)24-8-5-7-11-29(24)44(42,43)37-31(40)25-9-4-6-10-26(25)33/h4-11,13-19H,2-3,12,20,35H2,1H3,(H,37,40). The van der Waals surface area contributed by atoms with E-state index in [0.29, 0.717) is 39.8 Å². The van der Waals surface area contributed by atoms with Gasteiger partial charge >= 0.3 is 5.69 Å². The lowest BCUT2D eigenvalue weighted by Crippen LogP contribution is -2.31. The molecular formula is C32H29Cl2N5O4S. The number of nitrogen functional groups attached to an aromatic ring is 1. The number of aryl methyl sites for hydroxylation is 1. The van der Waals surface area contributed by atoms with Gasteiger partial charge in [0.1, 0.15) is 5.82 Å². The lowest BCUT2D eigenvalue weighted by molar-refractivity contribution is 0.0981. The Hall–Kier alpha value is -4.38. The Bertz CT molecular complexity index is 2000. The molecule has 3 N–H and O–H groups in total. The van der Waals surface area contributed by atoms with Crippen LogP contribution in [0.2, 0.25) is 10.0 Å². The summed E-state index contributed by atoms with van der Waals surface area (Å²) in [6, 6.07) is 24.7. The first-order chi connectivity index (χ1) is 21.1. The van der Waals surface area contributed by atoms with E-state index in [9.17, 15) is 18.0 Å². The summed E-state index contributed by atoms with van der Waals surface area (Å²) in [5, 5.41) is 5.08. The van der Waals surface area contributed by atoms with Gasteiger partial charge in [-0.25, -0.2) is 17.9 Å². The van der Waals surface area contributed by atoms with Crippen LogP contribution < -0.4 is 16.1 Å². The number of unbranched alkanes of at least 4 members (excludes halogenated alkanes) is 1. The minimum absolute atomic E-state index is 0.0504. The second-order valence-electron chi connectivity index (χ2n) is 10.1. The fraction of sp³-hybridized carbons (Fsp3) is 0.156. The molecule has 0 saturated carbocycles. The van der Waals surface area contributed by atoms with Crippen molar-refractivity contribution in [2.75, 3.05) is 5.73 Å². The molecule has 1 aromatic heterocycles. The smallest absolute Gasteiger partial charge is 0.351 e. The van der Waals surface area contributed by atoms with Gasteiger partial charge in [0.15, 0.2) is 0 Å². The number of nitrogens with zero attached hydrogens (tertiary/aromatic N) is 3. The molecule has 44 heavy (non-hydrogen) atoms. The molecule has 1 heterocycles. The topological polar surface area (TPSA) is 129 Å². The summed E-state index contributed by atoms with van der Waals surface area (Å²) in [7, 11) is -4.25. The second kappa shape index (κ2) is 13.1. The first kappa shape index (κ1) is 31.1. The Kier molecular flexibility index (Phi) is 9.24. The monoisotopic (exact) mass is 649 g/mol. The third-order valence-electron chi connectivity index (χ3n) is 7.02. The Morgan fingerprint density at radius 3 is 2.36 bits per heavy atom. The predicted molar refractivity (Wildman–Crippen MR) is 173 cm³/mol. The molecule has 12 heteroatoms. The van der Waals surface area contributed by atoms with Crippen LogP contribution in [0.5, 0.6) is 0 Å². The molecule has 0 aliphatic carbocycles. The summed E-state index contributed by atoms with van der Waals surface area (Å²) in [5.41, 5.74) is 8.34. The molecule has 0 saturated heterocycles. The average Bonchev–Trinajstić information content (AvgIpc) is 3.31. The van der Waals surface area contributed by atoms with E-state index in [1.54, 1.807) is 65.2 Å². The van der Waals surface area contributed by atoms with E-state index in [4.69, 9.17) is 28.9 Å². The third kappa shape index (κ3) is 6.57. The van der Waals surface area contributed by atoms with Crippen LogP contribution in [-0.2, 0) is 23.0 Å². The molecule has 0 aliphatic rings. The lowest BCUT2D eigenvalue weighted by atomic mass is 10.0. The maximum Gasteiger partial charge on any atom is 0.351 e. The first-order valence-corrected chi connectivity index (χ1v) is 16.1. The summed E-state index contributed by atoms with van der Waals surface area (Å²) in [4.78, 5) is 26.2. The molecule has 0 unspecified atom stereocenters. The van der Waals surface area contributed by atoms with Gasteiger partial charge in [-0.2, -0.15) is 4.68 Å². The molecule has 9 nitrogen and oxygen atoms in total. The van der Waals surface area contributed by atoms with Gasteiger partial charge in [-0.15, -0.1) is 5.10 Å². The summed E-state index contributed by atoms with van der Waals surface area (Å²) in [6.07, 6.45) is 2.37. The number of halogens is 2. The third-order valence-corrected chi connectivity index (χ3v) is 9.06. The highest BCUT2D eigenvalue weighted by Gasteiger charge is 2.24. The average molecular weight is 651 g/mol. The number of hydrogen-bond acceptors (Lipinski definition) is 6. The highest BCUT2D eigenvalue weighted by molar-refractivity contribution is 7.90. The van der Waals surface area contributed by atoms with Crippen LogP contribution in [-0.4, -0.2) is 28.7 Å². The van der Waals surface area contributed by atoms with Gasteiger partial charge in [0.2, 0.25) is 0 Å². The molecule has 1 amide bonds. The molecule has 4 aromatic carbocycles. The molecule has 0 radical (unpaired) electrons. The second-order valence-corrected chi connectivity index (χ2v) is 12.6. The zero-order chi connectivity index (χ0) is 31.4. The maximum atomic E-state index is 13.5. The highest BCUT2D eigenvalue weighted by atomic mass is 35.5. The van der Waals surface area contributed by atoms with Crippen LogP contribution in [0.25, 0.3) is 16.8 Å². The minimum Gasteiger partial charge on any atom is -0.399 e. The quantitative estimate of drug-likeness (QED) is 0.176. The predicted octanol–water partition coefficient (Wildman–Crippen LogP) is 6.10. The number of sulfonamides is 1. The van der Waals surface area contributed by atoms with E-state index >= 15 is 0 Å². The number of amides is 1. The lowest BCUT2D eigenvalue weighted by Gasteiger charge is -2.13. The molecule has 0 aliphatic heterocycles. The molecule has 0 atom stereocenters. The van der Waals surface area contributed by atoms with Gasteiger partial charge in [-0.3, -0.25) is 9.36 Å². The van der Waals surface area contributed by atoms with Crippen LogP contribution in [0.3, 0.4) is 0 Å². The Morgan fingerprint density at radius 1 is 0.932 bits per heavy atom. The number of carbonyl (C=O) groups excluding carboxylic acids is 1. The summed E-state index contributed by atoms with van der Waals surface area (Å²) < 4.78 is 31.6. The van der Waals surface area contributed by atoms with Crippen LogP contribution >= 0.6 is 23.2 Å². The van der Waals surface area contributed by atoms with E-state index in [2.05, 4.69) is 16.7 Å². The van der Waals surface area contributed by atoms with Crippen molar-refractivity contribution in [3.8, 4) is 16.8 Å². The van der Waals surface area contributed by atoms with Gasteiger partial charge in [-0.1, -0.05) is 91.1 Å². The normalized spacial score (nSPS) is 11.4. The van der Waals surface area contributed by atoms with Gasteiger partial charge < -0.3 is 5.73 Å². The van der Waals surface area contributed by atoms with Gasteiger partial charge in [0.25, 0.3) is 15.9 Å². The molecule has 5 rings (SSSR count). The minimum atomic E-state index is -4.25. The Morgan fingerprint density at radius 2 is 1.64 bits per heavy atom. The first-order valence-electron chi connectivity index (χ1n) is 13.8. The van der Waals surface area contributed by atoms with Gasteiger partial charge in [0.05, 0.1) is 32.7 Å². The summed E-state index contributed by atoms with van der Waals surface area (Å²) in [5.74, 6) is -0.213. The number of anilines is 1. The Balaban J connectivity index is 1.44. The van der Waals surface area contributed by atoms with Gasteiger partial charge in [0, 0.05) is 17.7 Å². The fourth-order valence-corrected chi connectivity index (χ4v) is 6.37. The molecule has 0 spiro atoms. The molecule has 0 fully saturated rings. The number of nitrogens with one attached hydrogen (secondary N) is 1. The van der Waals surface area contributed by atoms with Crippen molar-refractivity contribution in [3.63, 3.8) is 0 Å². The van der Waals surface area contributed by atoms with Crippen molar-refractivity contribution in [2.45, 2.75) is 37.6 Å². The van der Waals surface area contributed by atoms with E-state index < -0.39 is 15.9 Å². The Labute approximate surface area is 264 Å². The largest absolute Gasteiger partial charge is 0.399 e. The van der Waals surface area contributed by atoms with Crippen molar-refractivity contribution in [1.82, 2.24) is 19.1 Å². The fourth-order valence-electron chi connectivity index (χ4n) is 4.75. The van der Waals surface area contributed by atoms with E-state index in [1.165, 1.54) is 22.9 Å². The zero-order valence-electron chi connectivity index (χ0n) is 23.7.